The van der Waals surface area contributed by atoms with Gasteiger partial charge in [0.15, 0.2) is 5.76 Å². The maximum Gasteiger partial charge on any atom is 0.341 e. The summed E-state index contributed by atoms with van der Waals surface area (Å²) in [7, 11) is 0. The summed E-state index contributed by atoms with van der Waals surface area (Å²) in [5.74, 6) is -0.262. The van der Waals surface area contributed by atoms with E-state index in [-0.39, 0.29) is 12.5 Å². The number of hydrogen-bond acceptors (Lipinski definition) is 6. The van der Waals surface area contributed by atoms with Crippen molar-refractivity contribution in [1.29, 1.82) is 0 Å². The number of para-hydroxylation sites is 1. The molecule has 7 heteroatoms. The lowest BCUT2D eigenvalue weighted by Crippen LogP contribution is -2.15. The van der Waals surface area contributed by atoms with Crippen LogP contribution >= 0.6 is 11.3 Å². The Morgan fingerprint density at radius 1 is 1.03 bits per heavy atom. The first kappa shape index (κ1) is 21.6. The molecular weight excluding hydrogens is 448 g/mol. The third-order valence-corrected chi connectivity index (χ3v) is 6.21. The number of aromatic nitrogens is 1. The number of rotatable bonds is 6. The summed E-state index contributed by atoms with van der Waals surface area (Å²) in [6.07, 6.45) is 1.56. The van der Waals surface area contributed by atoms with Crippen LogP contribution in [0, 0.1) is 0 Å². The number of nitrogens with zero attached hydrogens (tertiary/aromatic N) is 1. The molecule has 6 nitrogen and oxygen atoms in total. The van der Waals surface area contributed by atoms with Gasteiger partial charge in [-0.1, -0.05) is 48.5 Å². The number of hydrogen-bond donors (Lipinski definition) is 1. The first-order valence-corrected chi connectivity index (χ1v) is 11.6. The van der Waals surface area contributed by atoms with Crippen molar-refractivity contribution in [3.05, 3.63) is 95.6 Å². The van der Waals surface area contributed by atoms with E-state index in [9.17, 15) is 9.59 Å². The molecular formula is C27H20N2O4S. The molecule has 0 fully saturated rings. The quantitative estimate of drug-likeness (QED) is 0.282. The smallest absolute Gasteiger partial charge is 0.341 e. The molecule has 0 spiro atoms. The Labute approximate surface area is 199 Å². The lowest BCUT2D eigenvalue weighted by Gasteiger charge is -2.11. The molecule has 0 unspecified atom stereocenters. The summed E-state index contributed by atoms with van der Waals surface area (Å²) in [6, 6.07) is 22.2. The topological polar surface area (TPSA) is 81.4 Å². The molecule has 3 heterocycles. The molecule has 0 aliphatic heterocycles. The Hall–Kier alpha value is -4.23. The van der Waals surface area contributed by atoms with Crippen molar-refractivity contribution in [2.45, 2.75) is 6.92 Å². The van der Waals surface area contributed by atoms with E-state index in [4.69, 9.17) is 9.15 Å². The number of furan rings is 1. The number of carbonyl (C=O) groups excluding carboxylic acids is 2. The molecule has 1 N–H and O–H groups in total. The molecule has 1 amide bonds. The molecule has 5 rings (SSSR count). The molecule has 3 aromatic heterocycles. The minimum Gasteiger partial charge on any atom is -0.463 e. The number of fused-ring (bicyclic) bond motifs is 1. The molecule has 0 saturated carbocycles. The fourth-order valence-corrected chi connectivity index (χ4v) is 4.72. The average molecular weight is 469 g/mol. The zero-order valence-corrected chi connectivity index (χ0v) is 19.1. The standard InChI is InChI=1S/C27H20N2O4S/c1-2-32-27(31)24-20(17-9-4-3-5-10-17)16-34-26(24)29-25(30)19-15-22(23-13-8-14-33-23)28-21-12-7-6-11-18(19)21/h3-16H,2H2,1H3,(H,29,30). The van der Waals surface area contributed by atoms with Crippen LogP contribution in [-0.2, 0) is 4.74 Å². The summed E-state index contributed by atoms with van der Waals surface area (Å²) < 4.78 is 10.8. The van der Waals surface area contributed by atoms with E-state index >= 15 is 0 Å². The number of amides is 1. The van der Waals surface area contributed by atoms with Gasteiger partial charge in [-0.2, -0.15) is 0 Å². The SMILES string of the molecule is CCOC(=O)c1c(-c2ccccc2)csc1NC(=O)c1cc(-c2ccco2)nc2ccccc12. The molecule has 0 atom stereocenters. The van der Waals surface area contributed by atoms with Gasteiger partial charge in [0.05, 0.1) is 24.0 Å². The zero-order chi connectivity index (χ0) is 23.5. The van der Waals surface area contributed by atoms with Crippen molar-refractivity contribution >= 4 is 39.1 Å². The van der Waals surface area contributed by atoms with Crippen LogP contribution in [0.3, 0.4) is 0 Å². The summed E-state index contributed by atoms with van der Waals surface area (Å²) in [6.45, 7) is 1.99. The monoisotopic (exact) mass is 468 g/mol. The molecule has 0 aliphatic rings. The van der Waals surface area contributed by atoms with Crippen LogP contribution in [0.1, 0.15) is 27.6 Å². The summed E-state index contributed by atoms with van der Waals surface area (Å²) in [4.78, 5) is 31.0. The number of esters is 1. The number of thiophene rings is 1. The van der Waals surface area contributed by atoms with Gasteiger partial charge in [0, 0.05) is 16.3 Å². The van der Waals surface area contributed by atoms with Gasteiger partial charge in [-0.3, -0.25) is 4.79 Å². The minimum absolute atomic E-state index is 0.234. The molecule has 0 aliphatic carbocycles. The lowest BCUT2D eigenvalue weighted by molar-refractivity contribution is 0.0529. The first-order chi connectivity index (χ1) is 16.7. The number of nitrogens with one attached hydrogen (secondary N) is 1. The zero-order valence-electron chi connectivity index (χ0n) is 18.3. The number of ether oxygens (including phenoxy) is 1. The maximum absolute atomic E-state index is 13.5. The number of carbonyl (C=O) groups is 2. The van der Waals surface area contributed by atoms with Crippen molar-refractivity contribution < 1.29 is 18.7 Å². The normalized spacial score (nSPS) is 10.9. The van der Waals surface area contributed by atoms with Crippen molar-refractivity contribution in [2.75, 3.05) is 11.9 Å². The van der Waals surface area contributed by atoms with Crippen LogP contribution in [-0.4, -0.2) is 23.5 Å². The first-order valence-electron chi connectivity index (χ1n) is 10.7. The largest absolute Gasteiger partial charge is 0.463 e. The molecule has 0 bridgehead atoms. The highest BCUT2D eigenvalue weighted by molar-refractivity contribution is 7.15. The molecule has 34 heavy (non-hydrogen) atoms. The van der Waals surface area contributed by atoms with Gasteiger partial charge in [-0.25, -0.2) is 9.78 Å². The second-order valence-electron chi connectivity index (χ2n) is 7.44. The molecule has 0 radical (unpaired) electrons. The van der Waals surface area contributed by atoms with Gasteiger partial charge in [0.2, 0.25) is 0 Å². The molecule has 5 aromatic rings. The predicted octanol–water partition coefficient (Wildman–Crippen LogP) is 6.65. The summed E-state index contributed by atoms with van der Waals surface area (Å²) in [5.41, 5.74) is 3.59. The highest BCUT2D eigenvalue weighted by atomic mass is 32.1. The van der Waals surface area contributed by atoms with E-state index in [0.29, 0.717) is 38.5 Å². The van der Waals surface area contributed by atoms with Crippen LogP contribution in [0.4, 0.5) is 5.00 Å². The van der Waals surface area contributed by atoms with Crippen LogP contribution in [0.2, 0.25) is 0 Å². The number of benzene rings is 2. The van der Waals surface area contributed by atoms with E-state index in [2.05, 4.69) is 10.3 Å². The van der Waals surface area contributed by atoms with Crippen molar-refractivity contribution in [2.24, 2.45) is 0 Å². The summed E-state index contributed by atoms with van der Waals surface area (Å²) >= 11 is 1.29. The Kier molecular flexibility index (Phi) is 5.93. The van der Waals surface area contributed by atoms with E-state index in [1.807, 2.05) is 60.0 Å². The van der Waals surface area contributed by atoms with E-state index in [1.54, 1.807) is 31.4 Å². The number of anilines is 1. The predicted molar refractivity (Wildman–Crippen MR) is 133 cm³/mol. The Balaban J connectivity index is 1.58. The van der Waals surface area contributed by atoms with E-state index in [1.165, 1.54) is 11.3 Å². The maximum atomic E-state index is 13.5. The van der Waals surface area contributed by atoms with Gasteiger partial charge in [-0.05, 0) is 36.8 Å². The molecule has 2 aromatic carbocycles. The number of pyridine rings is 1. The molecule has 168 valence electrons. The van der Waals surface area contributed by atoms with Crippen LogP contribution in [0.25, 0.3) is 33.5 Å². The minimum atomic E-state index is -0.478. The average Bonchev–Trinajstić information content (AvgIpc) is 3.55. The van der Waals surface area contributed by atoms with Crippen LogP contribution in [0.5, 0.6) is 0 Å². The van der Waals surface area contributed by atoms with E-state index in [0.717, 1.165) is 11.1 Å². The third kappa shape index (κ3) is 4.09. The fourth-order valence-electron chi connectivity index (χ4n) is 3.77. The van der Waals surface area contributed by atoms with Crippen molar-refractivity contribution in [3.8, 4) is 22.6 Å². The fraction of sp³-hybridized carbons (Fsp3) is 0.0741. The lowest BCUT2D eigenvalue weighted by atomic mass is 10.0. The van der Waals surface area contributed by atoms with Gasteiger partial charge in [0.1, 0.15) is 16.3 Å². The Morgan fingerprint density at radius 2 is 1.82 bits per heavy atom. The highest BCUT2D eigenvalue weighted by Gasteiger charge is 2.24. The Bertz CT molecular complexity index is 1470. The Morgan fingerprint density at radius 3 is 2.59 bits per heavy atom. The van der Waals surface area contributed by atoms with Gasteiger partial charge < -0.3 is 14.5 Å². The van der Waals surface area contributed by atoms with Gasteiger partial charge in [0.25, 0.3) is 5.91 Å². The van der Waals surface area contributed by atoms with Crippen molar-refractivity contribution in [3.63, 3.8) is 0 Å². The third-order valence-electron chi connectivity index (χ3n) is 5.32. The highest BCUT2D eigenvalue weighted by Crippen LogP contribution is 2.37. The van der Waals surface area contributed by atoms with Crippen LogP contribution < -0.4 is 5.32 Å². The second-order valence-corrected chi connectivity index (χ2v) is 8.32. The van der Waals surface area contributed by atoms with Crippen molar-refractivity contribution in [1.82, 2.24) is 4.98 Å². The van der Waals surface area contributed by atoms with Crippen LogP contribution in [0.15, 0.2) is 88.9 Å². The van der Waals surface area contributed by atoms with Gasteiger partial charge >= 0.3 is 5.97 Å². The van der Waals surface area contributed by atoms with Gasteiger partial charge in [-0.15, -0.1) is 11.3 Å². The molecule has 0 saturated heterocycles. The second kappa shape index (κ2) is 9.33. The summed E-state index contributed by atoms with van der Waals surface area (Å²) in [5, 5.41) is 5.93. The van der Waals surface area contributed by atoms with E-state index < -0.39 is 5.97 Å².